The van der Waals surface area contributed by atoms with Gasteiger partial charge in [0.25, 0.3) is 12.2 Å². The normalized spacial score (nSPS) is 10.6. The summed E-state index contributed by atoms with van der Waals surface area (Å²) in [4.78, 5) is 19.1. The average molecular weight is 404 g/mol. The van der Waals surface area contributed by atoms with E-state index in [1.165, 1.54) is 32.9 Å². The molecule has 0 amide bonds. The molecule has 0 saturated heterocycles. The first-order chi connectivity index (χ1) is 14.7. The summed E-state index contributed by atoms with van der Waals surface area (Å²) in [5.41, 5.74) is 1.06. The SMILES string of the molecule is CO/C=C(/C(=O)OC)c1ccccc1Oc1cc(Oc2ccccc2C#N)nc[nH+]1. The van der Waals surface area contributed by atoms with Crippen LogP contribution in [0, 0.1) is 11.3 Å². The number of nitrogens with one attached hydrogen (secondary N) is 1. The fraction of sp³-hybridized carbons (Fsp3) is 0.0909. The zero-order valence-corrected chi connectivity index (χ0v) is 16.3. The van der Waals surface area contributed by atoms with Crippen LogP contribution in [-0.4, -0.2) is 25.2 Å². The van der Waals surface area contributed by atoms with Crippen LogP contribution in [-0.2, 0) is 14.3 Å². The van der Waals surface area contributed by atoms with Crippen LogP contribution in [0.1, 0.15) is 11.1 Å². The lowest BCUT2D eigenvalue weighted by molar-refractivity contribution is -0.395. The van der Waals surface area contributed by atoms with E-state index in [9.17, 15) is 10.1 Å². The molecule has 0 atom stereocenters. The molecular weight excluding hydrogens is 386 g/mol. The summed E-state index contributed by atoms with van der Waals surface area (Å²) >= 11 is 0. The van der Waals surface area contributed by atoms with Gasteiger partial charge in [-0.25, -0.2) is 9.78 Å². The third-order valence-corrected chi connectivity index (χ3v) is 3.91. The van der Waals surface area contributed by atoms with E-state index < -0.39 is 5.97 Å². The van der Waals surface area contributed by atoms with Crippen molar-refractivity contribution in [2.45, 2.75) is 0 Å². The number of aromatic nitrogens is 2. The molecule has 0 aliphatic heterocycles. The number of hydrogen-bond donors (Lipinski definition) is 0. The molecule has 1 N–H and O–H groups in total. The van der Waals surface area contributed by atoms with Gasteiger partial charge in [0.2, 0.25) is 0 Å². The zero-order valence-electron chi connectivity index (χ0n) is 16.3. The Morgan fingerprint density at radius 1 is 1.07 bits per heavy atom. The van der Waals surface area contributed by atoms with Crippen molar-refractivity contribution < 1.29 is 28.7 Å². The van der Waals surface area contributed by atoms with Gasteiger partial charge < -0.3 is 18.9 Å². The van der Waals surface area contributed by atoms with Gasteiger partial charge in [-0.2, -0.15) is 5.26 Å². The molecule has 30 heavy (non-hydrogen) atoms. The van der Waals surface area contributed by atoms with Crippen molar-refractivity contribution in [1.82, 2.24) is 4.98 Å². The molecule has 0 fully saturated rings. The maximum atomic E-state index is 12.1. The van der Waals surface area contributed by atoms with E-state index >= 15 is 0 Å². The number of para-hydroxylation sites is 2. The van der Waals surface area contributed by atoms with Gasteiger partial charge in [0.05, 0.1) is 26.0 Å². The van der Waals surface area contributed by atoms with Crippen LogP contribution in [0.25, 0.3) is 5.57 Å². The molecule has 1 heterocycles. The highest BCUT2D eigenvalue weighted by Gasteiger charge is 2.19. The summed E-state index contributed by atoms with van der Waals surface area (Å²) in [5.74, 6) is 0.731. The van der Waals surface area contributed by atoms with E-state index in [4.69, 9.17) is 18.9 Å². The smallest absolute Gasteiger partial charge is 0.341 e. The third-order valence-electron chi connectivity index (χ3n) is 3.91. The Morgan fingerprint density at radius 3 is 2.53 bits per heavy atom. The molecule has 8 nitrogen and oxygen atoms in total. The van der Waals surface area contributed by atoms with Gasteiger partial charge in [-0.1, -0.05) is 30.3 Å². The lowest BCUT2D eigenvalue weighted by Gasteiger charge is -2.11. The molecule has 0 saturated carbocycles. The number of H-pyrrole nitrogens is 1. The summed E-state index contributed by atoms with van der Waals surface area (Å²) in [6.45, 7) is 0. The topological polar surface area (TPSA) is 105 Å². The van der Waals surface area contributed by atoms with Crippen molar-refractivity contribution in [3.05, 3.63) is 78.3 Å². The second kappa shape index (κ2) is 9.71. The van der Waals surface area contributed by atoms with Crippen LogP contribution >= 0.6 is 0 Å². The molecule has 0 radical (unpaired) electrons. The summed E-state index contributed by atoms with van der Waals surface area (Å²) in [5, 5.41) is 9.20. The number of benzene rings is 2. The molecule has 8 heteroatoms. The second-order valence-corrected chi connectivity index (χ2v) is 5.82. The van der Waals surface area contributed by atoms with E-state index in [0.29, 0.717) is 28.5 Å². The van der Waals surface area contributed by atoms with Crippen molar-refractivity contribution >= 4 is 11.5 Å². The average Bonchev–Trinajstić information content (AvgIpc) is 2.78. The lowest BCUT2D eigenvalue weighted by Crippen LogP contribution is -2.10. The number of carbonyl (C=O) groups excluding carboxylic acids is 1. The molecule has 150 valence electrons. The number of nitrogens with zero attached hydrogens (tertiary/aromatic N) is 2. The Labute approximate surface area is 172 Å². The number of nitriles is 1. The van der Waals surface area contributed by atoms with Crippen LogP contribution in [0.3, 0.4) is 0 Å². The van der Waals surface area contributed by atoms with Gasteiger partial charge in [-0.05, 0) is 23.2 Å². The number of aromatic amines is 1. The molecule has 0 aliphatic rings. The zero-order chi connectivity index (χ0) is 21.3. The van der Waals surface area contributed by atoms with E-state index in [1.54, 1.807) is 48.5 Å². The van der Waals surface area contributed by atoms with Crippen LogP contribution in [0.5, 0.6) is 23.3 Å². The molecule has 3 rings (SSSR count). The monoisotopic (exact) mass is 404 g/mol. The molecule has 1 aromatic heterocycles. The van der Waals surface area contributed by atoms with Crippen LogP contribution in [0.4, 0.5) is 0 Å². The van der Waals surface area contributed by atoms with Gasteiger partial charge in [0.1, 0.15) is 29.2 Å². The lowest BCUT2D eigenvalue weighted by atomic mass is 10.1. The summed E-state index contributed by atoms with van der Waals surface area (Å²) in [6, 6.07) is 17.4. The highest BCUT2D eigenvalue weighted by molar-refractivity contribution is 6.17. The number of ether oxygens (including phenoxy) is 4. The first kappa shape index (κ1) is 20.4. The Kier molecular flexibility index (Phi) is 6.59. The Bertz CT molecular complexity index is 1120. The maximum Gasteiger partial charge on any atom is 0.341 e. The first-order valence-corrected chi connectivity index (χ1v) is 8.79. The minimum atomic E-state index is -0.566. The number of esters is 1. The quantitative estimate of drug-likeness (QED) is 0.337. The minimum absolute atomic E-state index is 0.198. The molecule has 0 bridgehead atoms. The molecule has 0 aliphatic carbocycles. The highest BCUT2D eigenvalue weighted by Crippen LogP contribution is 2.31. The maximum absolute atomic E-state index is 12.1. The van der Waals surface area contributed by atoms with Crippen molar-refractivity contribution in [3.63, 3.8) is 0 Å². The molecule has 0 spiro atoms. The molecule has 2 aromatic carbocycles. The van der Waals surface area contributed by atoms with Gasteiger partial charge in [-0.15, -0.1) is 0 Å². The van der Waals surface area contributed by atoms with E-state index in [1.807, 2.05) is 0 Å². The molecular formula is C22H18N3O5+. The summed E-state index contributed by atoms with van der Waals surface area (Å²) in [6.07, 6.45) is 2.69. The van der Waals surface area contributed by atoms with Gasteiger partial charge in [-0.3, -0.25) is 0 Å². The van der Waals surface area contributed by atoms with Crippen LogP contribution in [0.2, 0.25) is 0 Å². The van der Waals surface area contributed by atoms with Crippen molar-refractivity contribution in [2.75, 3.05) is 14.2 Å². The fourth-order valence-corrected chi connectivity index (χ4v) is 2.57. The second-order valence-electron chi connectivity index (χ2n) is 5.82. The van der Waals surface area contributed by atoms with Gasteiger partial charge >= 0.3 is 11.8 Å². The molecule has 3 aromatic rings. The Balaban J connectivity index is 1.90. The number of hydrogen-bond acceptors (Lipinski definition) is 7. The third kappa shape index (κ3) is 4.72. The standard InChI is InChI=1S/C22H17N3O5/c1-27-13-17(22(26)28-2)16-8-4-6-10-19(16)30-21-11-20(24-14-25-21)29-18-9-5-3-7-15(18)12-23/h3-11,13-14H,1-2H3/p+1/b17-13+. The van der Waals surface area contributed by atoms with E-state index in [2.05, 4.69) is 16.0 Å². The number of rotatable bonds is 7. The number of methoxy groups -OCH3 is 2. The van der Waals surface area contributed by atoms with Crippen LogP contribution < -0.4 is 14.5 Å². The van der Waals surface area contributed by atoms with Crippen molar-refractivity contribution in [2.24, 2.45) is 0 Å². The van der Waals surface area contributed by atoms with Gasteiger partial charge in [0.15, 0.2) is 0 Å². The predicted molar refractivity (Wildman–Crippen MR) is 106 cm³/mol. The van der Waals surface area contributed by atoms with Crippen molar-refractivity contribution in [3.8, 4) is 29.3 Å². The minimum Gasteiger partial charge on any atom is -0.503 e. The number of carbonyl (C=O) groups is 1. The summed E-state index contributed by atoms with van der Waals surface area (Å²) in [7, 11) is 2.72. The summed E-state index contributed by atoms with van der Waals surface area (Å²) < 4.78 is 21.5. The van der Waals surface area contributed by atoms with E-state index in [-0.39, 0.29) is 11.5 Å². The highest BCUT2D eigenvalue weighted by atomic mass is 16.5. The van der Waals surface area contributed by atoms with E-state index in [0.717, 1.165) is 0 Å². The van der Waals surface area contributed by atoms with Crippen molar-refractivity contribution in [1.29, 1.82) is 5.26 Å². The first-order valence-electron chi connectivity index (χ1n) is 8.79. The fourth-order valence-electron chi connectivity index (χ4n) is 2.57. The Morgan fingerprint density at radius 2 is 1.80 bits per heavy atom. The van der Waals surface area contributed by atoms with Crippen LogP contribution in [0.15, 0.2) is 67.2 Å². The Hall–Kier alpha value is -4.38. The van der Waals surface area contributed by atoms with Gasteiger partial charge in [0, 0.05) is 5.56 Å². The predicted octanol–water partition coefficient (Wildman–Crippen LogP) is 3.51. The molecule has 0 unspecified atom stereocenters. The largest absolute Gasteiger partial charge is 0.503 e.